The van der Waals surface area contributed by atoms with Crippen LogP contribution in [0.5, 0.6) is 11.5 Å². The fraction of sp³-hybridized carbons (Fsp3) is 0.316. The second-order valence-electron chi connectivity index (χ2n) is 5.93. The van der Waals surface area contributed by atoms with Gasteiger partial charge in [-0.05, 0) is 37.6 Å². The number of rotatable bonds is 6. The van der Waals surface area contributed by atoms with Gasteiger partial charge in [-0.1, -0.05) is 30.3 Å². The molecule has 0 aliphatic carbocycles. The summed E-state index contributed by atoms with van der Waals surface area (Å²) in [5, 5.41) is 0. The van der Waals surface area contributed by atoms with E-state index in [0.29, 0.717) is 5.75 Å². The maximum Gasteiger partial charge on any atom is 0.573 e. The molecule has 26 heavy (non-hydrogen) atoms. The molecule has 2 aromatic carbocycles. The molecule has 2 aromatic rings. The number of amides is 1. The summed E-state index contributed by atoms with van der Waals surface area (Å²) in [6.07, 6.45) is -5.57. The minimum absolute atomic E-state index is 0.0351. The molecule has 1 unspecified atom stereocenters. The van der Waals surface area contributed by atoms with E-state index in [0.717, 1.165) is 5.56 Å². The highest BCUT2D eigenvalue weighted by Gasteiger charge is 2.32. The van der Waals surface area contributed by atoms with Crippen LogP contribution in [0.3, 0.4) is 0 Å². The zero-order chi connectivity index (χ0) is 19.3. The topological polar surface area (TPSA) is 38.8 Å². The Balaban J connectivity index is 2.05. The van der Waals surface area contributed by atoms with Gasteiger partial charge in [0.15, 0.2) is 6.10 Å². The quantitative estimate of drug-likeness (QED) is 0.763. The Bertz CT molecular complexity index is 762. The van der Waals surface area contributed by atoms with Crippen molar-refractivity contribution in [2.45, 2.75) is 32.9 Å². The van der Waals surface area contributed by atoms with Gasteiger partial charge in [-0.15, -0.1) is 13.2 Å². The third-order valence-electron chi connectivity index (χ3n) is 3.63. The fourth-order valence-corrected chi connectivity index (χ4v) is 2.45. The Hall–Kier alpha value is -2.70. The van der Waals surface area contributed by atoms with Gasteiger partial charge in [0.2, 0.25) is 0 Å². The van der Waals surface area contributed by atoms with Crippen molar-refractivity contribution in [1.29, 1.82) is 0 Å². The highest BCUT2D eigenvalue weighted by Crippen LogP contribution is 2.27. The molecule has 0 aromatic heterocycles. The van der Waals surface area contributed by atoms with E-state index in [9.17, 15) is 18.0 Å². The normalized spacial score (nSPS) is 12.4. The van der Waals surface area contributed by atoms with Gasteiger partial charge in [-0.25, -0.2) is 0 Å². The SMILES string of the molecule is Cc1cccc(OC(C)C(=O)N(C)Cc2ccccc2OC(F)(F)F)c1. The molecular formula is C19H20F3NO3. The van der Waals surface area contributed by atoms with E-state index in [1.807, 2.05) is 19.1 Å². The van der Waals surface area contributed by atoms with Crippen LogP contribution in [0.4, 0.5) is 13.2 Å². The van der Waals surface area contributed by atoms with Gasteiger partial charge in [0.05, 0.1) is 0 Å². The first kappa shape index (κ1) is 19.6. The van der Waals surface area contributed by atoms with Crippen molar-refractivity contribution in [3.05, 3.63) is 59.7 Å². The van der Waals surface area contributed by atoms with Gasteiger partial charge in [0.1, 0.15) is 11.5 Å². The van der Waals surface area contributed by atoms with Gasteiger partial charge >= 0.3 is 6.36 Å². The number of halogens is 3. The average Bonchev–Trinajstić information content (AvgIpc) is 2.54. The Labute approximate surface area is 150 Å². The van der Waals surface area contributed by atoms with Crippen molar-refractivity contribution in [3.8, 4) is 11.5 Å². The molecule has 7 heteroatoms. The number of benzene rings is 2. The zero-order valence-corrected chi connectivity index (χ0v) is 14.7. The Kier molecular flexibility index (Phi) is 6.13. The second kappa shape index (κ2) is 8.12. The Morgan fingerprint density at radius 1 is 1.15 bits per heavy atom. The second-order valence-corrected chi connectivity index (χ2v) is 5.93. The van der Waals surface area contributed by atoms with E-state index in [1.54, 1.807) is 25.1 Å². The van der Waals surface area contributed by atoms with E-state index < -0.39 is 12.5 Å². The first-order valence-corrected chi connectivity index (χ1v) is 7.97. The first-order valence-electron chi connectivity index (χ1n) is 7.97. The number of nitrogens with zero attached hydrogens (tertiary/aromatic N) is 1. The van der Waals surface area contributed by atoms with Crippen molar-refractivity contribution in [1.82, 2.24) is 4.90 Å². The minimum atomic E-state index is -4.79. The van der Waals surface area contributed by atoms with Gasteiger partial charge in [-0.3, -0.25) is 4.79 Å². The summed E-state index contributed by atoms with van der Waals surface area (Å²) in [7, 11) is 1.50. The molecule has 2 rings (SSSR count). The molecular weight excluding hydrogens is 347 g/mol. The fourth-order valence-electron chi connectivity index (χ4n) is 2.45. The van der Waals surface area contributed by atoms with Gasteiger partial charge in [-0.2, -0.15) is 0 Å². The van der Waals surface area contributed by atoms with Crippen LogP contribution >= 0.6 is 0 Å². The van der Waals surface area contributed by atoms with Crippen molar-refractivity contribution in [3.63, 3.8) is 0 Å². The standard InChI is InChI=1S/C19H20F3NO3/c1-13-7-6-9-16(11-13)25-14(2)18(24)23(3)12-15-8-4-5-10-17(15)26-19(20,21)22/h4-11,14H,12H2,1-3H3. The lowest BCUT2D eigenvalue weighted by Gasteiger charge is -2.23. The van der Waals surface area contributed by atoms with Gasteiger partial charge in [0.25, 0.3) is 5.91 Å². The molecule has 4 nitrogen and oxygen atoms in total. The zero-order valence-electron chi connectivity index (χ0n) is 14.7. The molecule has 0 bridgehead atoms. The van der Waals surface area contributed by atoms with E-state index >= 15 is 0 Å². The van der Waals surface area contributed by atoms with Crippen LogP contribution in [-0.4, -0.2) is 30.3 Å². The predicted octanol–water partition coefficient (Wildman–Crippen LogP) is 4.32. The molecule has 0 radical (unpaired) electrons. The molecule has 0 spiro atoms. The summed E-state index contributed by atoms with van der Waals surface area (Å²) < 4.78 is 47.1. The van der Waals surface area contributed by atoms with Crippen LogP contribution in [0.1, 0.15) is 18.1 Å². The van der Waals surface area contributed by atoms with E-state index in [2.05, 4.69) is 4.74 Å². The summed E-state index contributed by atoms with van der Waals surface area (Å²) >= 11 is 0. The smallest absolute Gasteiger partial charge is 0.481 e. The maximum atomic E-state index is 12.5. The third-order valence-corrected chi connectivity index (χ3v) is 3.63. The van der Waals surface area contributed by atoms with Gasteiger partial charge in [0, 0.05) is 19.2 Å². The lowest BCUT2D eigenvalue weighted by atomic mass is 10.2. The third kappa shape index (κ3) is 5.68. The van der Waals surface area contributed by atoms with Crippen molar-refractivity contribution >= 4 is 5.91 Å². The van der Waals surface area contributed by atoms with E-state index in [1.165, 1.54) is 30.1 Å². The predicted molar refractivity (Wildman–Crippen MR) is 90.9 cm³/mol. The van der Waals surface area contributed by atoms with Crippen molar-refractivity contribution in [2.75, 3.05) is 7.05 Å². The summed E-state index contributed by atoms with van der Waals surface area (Å²) in [6, 6.07) is 13.0. The number of hydrogen-bond donors (Lipinski definition) is 0. The number of para-hydroxylation sites is 1. The minimum Gasteiger partial charge on any atom is -0.481 e. The number of hydrogen-bond acceptors (Lipinski definition) is 3. The molecule has 140 valence electrons. The summed E-state index contributed by atoms with van der Waals surface area (Å²) in [5.41, 5.74) is 1.25. The van der Waals surface area contributed by atoms with Crippen LogP contribution in [-0.2, 0) is 11.3 Å². The molecule has 0 N–H and O–H groups in total. The molecule has 0 aliphatic heterocycles. The number of alkyl halides is 3. The molecule has 0 saturated heterocycles. The number of ether oxygens (including phenoxy) is 2. The summed E-state index contributed by atoms with van der Waals surface area (Å²) in [5.74, 6) is -0.125. The molecule has 0 heterocycles. The monoisotopic (exact) mass is 367 g/mol. The van der Waals surface area contributed by atoms with E-state index in [4.69, 9.17) is 4.74 Å². The largest absolute Gasteiger partial charge is 0.573 e. The molecule has 1 atom stereocenters. The maximum absolute atomic E-state index is 12.5. The van der Waals surface area contributed by atoms with Crippen molar-refractivity contribution < 1.29 is 27.4 Å². The molecule has 1 amide bonds. The summed E-state index contributed by atoms with van der Waals surface area (Å²) in [4.78, 5) is 13.8. The number of likely N-dealkylation sites (N-methyl/N-ethyl adjacent to an activating group) is 1. The van der Waals surface area contributed by atoms with Crippen LogP contribution in [0.2, 0.25) is 0 Å². The number of aryl methyl sites for hydroxylation is 1. The highest BCUT2D eigenvalue weighted by atomic mass is 19.4. The summed E-state index contributed by atoms with van der Waals surface area (Å²) in [6.45, 7) is 3.47. The lowest BCUT2D eigenvalue weighted by molar-refractivity contribution is -0.275. The number of carbonyl (C=O) groups excluding carboxylic acids is 1. The molecule has 0 saturated carbocycles. The van der Waals surface area contributed by atoms with Gasteiger partial charge < -0.3 is 14.4 Å². The lowest BCUT2D eigenvalue weighted by Crippen LogP contribution is -2.37. The highest BCUT2D eigenvalue weighted by molar-refractivity contribution is 5.80. The van der Waals surface area contributed by atoms with Crippen LogP contribution < -0.4 is 9.47 Å². The Morgan fingerprint density at radius 2 is 1.85 bits per heavy atom. The first-order chi connectivity index (χ1) is 12.2. The van der Waals surface area contributed by atoms with Crippen LogP contribution in [0.25, 0.3) is 0 Å². The van der Waals surface area contributed by atoms with Crippen LogP contribution in [0, 0.1) is 6.92 Å². The van der Waals surface area contributed by atoms with Crippen LogP contribution in [0.15, 0.2) is 48.5 Å². The molecule has 0 aliphatic rings. The van der Waals surface area contributed by atoms with Crippen molar-refractivity contribution in [2.24, 2.45) is 0 Å². The molecule has 0 fully saturated rings. The Morgan fingerprint density at radius 3 is 2.50 bits per heavy atom. The van der Waals surface area contributed by atoms with E-state index in [-0.39, 0.29) is 23.8 Å². The number of carbonyl (C=O) groups is 1. The average molecular weight is 367 g/mol.